The Morgan fingerprint density at radius 1 is 1.17 bits per heavy atom. The summed E-state index contributed by atoms with van der Waals surface area (Å²) in [7, 11) is 4.51. The maximum Gasteiger partial charge on any atom is 0.251 e. The molecule has 0 bridgehead atoms. The molecule has 0 aliphatic heterocycles. The number of rotatable bonds is 6. The predicted molar refractivity (Wildman–Crippen MR) is 86.5 cm³/mol. The average molecular weight is 337 g/mol. The van der Waals surface area contributed by atoms with Gasteiger partial charge in [0, 0.05) is 24.4 Å². The molecule has 0 saturated carbocycles. The minimum absolute atomic E-state index is 0.274. The fraction of sp³-hybridized carbons (Fsp3) is 0.250. The number of benzene rings is 1. The van der Waals surface area contributed by atoms with Crippen molar-refractivity contribution in [3.8, 4) is 17.4 Å². The highest BCUT2D eigenvalue weighted by molar-refractivity contribution is 6.32. The fourth-order valence-electron chi connectivity index (χ4n) is 2.01. The van der Waals surface area contributed by atoms with Gasteiger partial charge in [0.05, 0.1) is 26.4 Å². The zero-order valence-electron chi connectivity index (χ0n) is 13.1. The lowest BCUT2D eigenvalue weighted by molar-refractivity contribution is 0.0950. The Kier molecular flexibility index (Phi) is 5.65. The molecule has 0 unspecified atom stereocenters. The second-order valence-electron chi connectivity index (χ2n) is 4.58. The molecule has 2 rings (SSSR count). The summed E-state index contributed by atoms with van der Waals surface area (Å²) < 4.78 is 15.4. The van der Waals surface area contributed by atoms with E-state index in [2.05, 4.69) is 10.3 Å². The molecule has 2 aromatic rings. The van der Waals surface area contributed by atoms with Crippen LogP contribution in [0.5, 0.6) is 17.4 Å². The van der Waals surface area contributed by atoms with E-state index in [1.807, 2.05) is 0 Å². The van der Waals surface area contributed by atoms with Gasteiger partial charge in [0.15, 0.2) is 11.5 Å². The number of methoxy groups -OCH3 is 3. The highest BCUT2D eigenvalue weighted by Crippen LogP contribution is 2.35. The zero-order valence-corrected chi connectivity index (χ0v) is 13.8. The monoisotopic (exact) mass is 336 g/mol. The van der Waals surface area contributed by atoms with E-state index in [1.54, 1.807) is 24.4 Å². The van der Waals surface area contributed by atoms with E-state index in [1.165, 1.54) is 27.4 Å². The second-order valence-corrected chi connectivity index (χ2v) is 4.99. The van der Waals surface area contributed by atoms with Crippen molar-refractivity contribution in [3.05, 3.63) is 46.6 Å². The van der Waals surface area contributed by atoms with Gasteiger partial charge in [0.1, 0.15) is 0 Å². The fourth-order valence-corrected chi connectivity index (χ4v) is 2.29. The number of nitrogens with one attached hydrogen (secondary N) is 1. The van der Waals surface area contributed by atoms with E-state index < -0.39 is 0 Å². The van der Waals surface area contributed by atoms with Crippen LogP contribution >= 0.6 is 11.6 Å². The number of aromatic nitrogens is 1. The molecule has 1 heterocycles. The quantitative estimate of drug-likeness (QED) is 0.878. The van der Waals surface area contributed by atoms with Crippen LogP contribution in [0.25, 0.3) is 0 Å². The highest BCUT2D eigenvalue weighted by atomic mass is 35.5. The van der Waals surface area contributed by atoms with Crippen molar-refractivity contribution in [1.82, 2.24) is 10.3 Å². The van der Waals surface area contributed by atoms with E-state index in [0.29, 0.717) is 34.5 Å². The highest BCUT2D eigenvalue weighted by Gasteiger charge is 2.15. The molecule has 0 fully saturated rings. The summed E-state index contributed by atoms with van der Waals surface area (Å²) in [6.07, 6.45) is 1.62. The first kappa shape index (κ1) is 16.9. The van der Waals surface area contributed by atoms with Crippen LogP contribution in [0.2, 0.25) is 5.02 Å². The van der Waals surface area contributed by atoms with Crippen LogP contribution in [-0.4, -0.2) is 32.2 Å². The van der Waals surface area contributed by atoms with E-state index in [-0.39, 0.29) is 5.91 Å². The first-order chi connectivity index (χ1) is 11.1. The van der Waals surface area contributed by atoms with Gasteiger partial charge in [-0.25, -0.2) is 4.98 Å². The zero-order chi connectivity index (χ0) is 16.8. The van der Waals surface area contributed by atoms with Crippen molar-refractivity contribution in [2.75, 3.05) is 21.3 Å². The number of pyridine rings is 1. The molecule has 1 aromatic carbocycles. The van der Waals surface area contributed by atoms with E-state index in [4.69, 9.17) is 25.8 Å². The van der Waals surface area contributed by atoms with Crippen LogP contribution < -0.4 is 19.5 Å². The number of nitrogens with zero attached hydrogens (tertiary/aromatic N) is 1. The van der Waals surface area contributed by atoms with E-state index in [0.717, 1.165) is 5.56 Å². The van der Waals surface area contributed by atoms with Gasteiger partial charge in [0.2, 0.25) is 5.88 Å². The maximum atomic E-state index is 12.3. The Hall–Kier alpha value is -2.47. The summed E-state index contributed by atoms with van der Waals surface area (Å²) in [5.74, 6) is 1.01. The lowest BCUT2D eigenvalue weighted by Crippen LogP contribution is -2.23. The third-order valence-corrected chi connectivity index (χ3v) is 3.44. The van der Waals surface area contributed by atoms with E-state index in [9.17, 15) is 4.79 Å². The lowest BCUT2D eigenvalue weighted by atomic mass is 10.1. The molecule has 122 valence electrons. The van der Waals surface area contributed by atoms with Gasteiger partial charge in [-0.1, -0.05) is 11.6 Å². The molecule has 0 atom stereocenters. The van der Waals surface area contributed by atoms with Gasteiger partial charge < -0.3 is 19.5 Å². The number of carbonyl (C=O) groups excluding carboxylic acids is 1. The van der Waals surface area contributed by atoms with Gasteiger partial charge in [-0.15, -0.1) is 0 Å². The van der Waals surface area contributed by atoms with E-state index >= 15 is 0 Å². The van der Waals surface area contributed by atoms with Crippen molar-refractivity contribution in [1.29, 1.82) is 0 Å². The molecule has 7 heteroatoms. The lowest BCUT2D eigenvalue weighted by Gasteiger charge is -2.12. The summed E-state index contributed by atoms with van der Waals surface area (Å²) in [5, 5.41) is 3.11. The van der Waals surface area contributed by atoms with Gasteiger partial charge in [-0.05, 0) is 23.8 Å². The molecule has 23 heavy (non-hydrogen) atoms. The molecular weight excluding hydrogens is 320 g/mol. The molecular formula is C16H17ClN2O4. The minimum atomic E-state index is -0.274. The van der Waals surface area contributed by atoms with Crippen LogP contribution in [0.1, 0.15) is 15.9 Å². The Labute approximate surface area is 139 Å². The van der Waals surface area contributed by atoms with Crippen LogP contribution in [0.4, 0.5) is 0 Å². The number of hydrogen-bond donors (Lipinski definition) is 1. The first-order valence-corrected chi connectivity index (χ1v) is 7.15. The summed E-state index contributed by atoms with van der Waals surface area (Å²) in [5.41, 5.74) is 1.26. The molecule has 1 amide bonds. The topological polar surface area (TPSA) is 69.7 Å². The van der Waals surface area contributed by atoms with Crippen molar-refractivity contribution >= 4 is 17.5 Å². The smallest absolute Gasteiger partial charge is 0.251 e. The Morgan fingerprint density at radius 3 is 2.61 bits per heavy atom. The maximum absolute atomic E-state index is 12.3. The van der Waals surface area contributed by atoms with Crippen LogP contribution in [0.3, 0.4) is 0 Å². The number of ether oxygens (including phenoxy) is 3. The third kappa shape index (κ3) is 4.04. The molecule has 0 saturated heterocycles. The summed E-state index contributed by atoms with van der Waals surface area (Å²) in [6, 6.07) is 6.66. The van der Waals surface area contributed by atoms with Crippen LogP contribution in [0, 0.1) is 0 Å². The van der Waals surface area contributed by atoms with Crippen molar-refractivity contribution in [3.63, 3.8) is 0 Å². The first-order valence-electron chi connectivity index (χ1n) is 6.77. The molecule has 6 nitrogen and oxygen atoms in total. The second kappa shape index (κ2) is 7.69. The normalized spacial score (nSPS) is 10.1. The SMILES string of the molecule is COc1cc(CNC(=O)c2cc(Cl)c(OC)c(OC)c2)ccn1. The summed E-state index contributed by atoms with van der Waals surface area (Å²) >= 11 is 6.10. The number of carbonyl (C=O) groups is 1. The Morgan fingerprint density at radius 2 is 1.96 bits per heavy atom. The molecule has 0 radical (unpaired) electrons. The van der Waals surface area contributed by atoms with Crippen molar-refractivity contribution in [2.45, 2.75) is 6.54 Å². The molecule has 0 aliphatic carbocycles. The largest absolute Gasteiger partial charge is 0.493 e. The standard InChI is InChI=1S/C16H17ClN2O4/c1-21-13-8-11(7-12(17)15(13)23-3)16(20)19-9-10-4-5-18-14(6-10)22-2/h4-8H,9H2,1-3H3,(H,19,20). The Bertz CT molecular complexity index is 706. The van der Waals surface area contributed by atoms with Gasteiger partial charge in [-0.2, -0.15) is 0 Å². The third-order valence-electron chi connectivity index (χ3n) is 3.16. The Balaban J connectivity index is 2.13. The van der Waals surface area contributed by atoms with Gasteiger partial charge in [0.25, 0.3) is 5.91 Å². The number of amides is 1. The number of halogens is 1. The predicted octanol–water partition coefficient (Wildman–Crippen LogP) is 2.69. The molecule has 1 N–H and O–H groups in total. The van der Waals surface area contributed by atoms with Gasteiger partial charge in [-0.3, -0.25) is 4.79 Å². The summed E-state index contributed by atoms with van der Waals surface area (Å²) in [4.78, 5) is 16.3. The van der Waals surface area contributed by atoms with Gasteiger partial charge >= 0.3 is 0 Å². The number of hydrogen-bond acceptors (Lipinski definition) is 5. The molecule has 1 aromatic heterocycles. The van der Waals surface area contributed by atoms with Crippen molar-refractivity contribution < 1.29 is 19.0 Å². The molecule has 0 spiro atoms. The van der Waals surface area contributed by atoms with Crippen molar-refractivity contribution in [2.24, 2.45) is 0 Å². The minimum Gasteiger partial charge on any atom is -0.493 e. The summed E-state index contributed by atoms with van der Waals surface area (Å²) in [6.45, 7) is 0.337. The van der Waals surface area contributed by atoms with Crippen LogP contribution in [-0.2, 0) is 6.54 Å². The average Bonchev–Trinajstić information content (AvgIpc) is 2.58. The van der Waals surface area contributed by atoms with Crippen LogP contribution in [0.15, 0.2) is 30.5 Å². The molecule has 0 aliphatic rings.